The highest BCUT2D eigenvalue weighted by Crippen LogP contribution is 2.14. The number of nitrogens with two attached hydrogens (primary N) is 1. The Labute approximate surface area is 86.1 Å². The van der Waals surface area contributed by atoms with Crippen LogP contribution in [-0.4, -0.2) is 44.2 Å². The number of rotatable bonds is 3. The fraction of sp³-hybridized carbons (Fsp3) is 0.900. The summed E-state index contributed by atoms with van der Waals surface area (Å²) in [7, 11) is 1.99. The molecule has 0 spiro atoms. The second-order valence-electron chi connectivity index (χ2n) is 3.80. The average molecular weight is 199 g/mol. The fourth-order valence-electron chi connectivity index (χ4n) is 1.71. The molecule has 0 aromatic heterocycles. The average Bonchev–Trinajstić information content (AvgIpc) is 2.19. The topological polar surface area (TPSA) is 50.8 Å². The predicted molar refractivity (Wildman–Crippen MR) is 58.3 cm³/mol. The van der Waals surface area contributed by atoms with Gasteiger partial charge in [-0.1, -0.05) is 0 Å². The van der Waals surface area contributed by atoms with Crippen molar-refractivity contribution in [3.05, 3.63) is 0 Å². The molecule has 1 aliphatic heterocycles. The van der Waals surface area contributed by atoms with Gasteiger partial charge < -0.3 is 15.4 Å². The van der Waals surface area contributed by atoms with Crippen molar-refractivity contribution in [1.82, 2.24) is 4.90 Å². The Bertz CT molecular complexity index is 188. The first-order chi connectivity index (χ1) is 6.74. The van der Waals surface area contributed by atoms with E-state index in [2.05, 4.69) is 4.99 Å². The lowest BCUT2D eigenvalue weighted by Crippen LogP contribution is -2.39. The molecule has 1 unspecified atom stereocenters. The Kier molecular flexibility index (Phi) is 4.73. The minimum absolute atomic E-state index is 0.611. The van der Waals surface area contributed by atoms with Crippen LogP contribution in [-0.2, 0) is 4.74 Å². The van der Waals surface area contributed by atoms with Crippen molar-refractivity contribution in [3.63, 3.8) is 0 Å². The molecule has 0 aromatic rings. The molecule has 1 saturated heterocycles. The van der Waals surface area contributed by atoms with Gasteiger partial charge in [0.05, 0.1) is 6.61 Å². The molecule has 14 heavy (non-hydrogen) atoms. The Morgan fingerprint density at radius 2 is 2.43 bits per heavy atom. The SMILES string of the molecule is CCN=C(N)N(C)CC1CCCOC1. The summed E-state index contributed by atoms with van der Waals surface area (Å²) < 4.78 is 5.42. The van der Waals surface area contributed by atoms with Gasteiger partial charge in [0.25, 0.3) is 0 Å². The van der Waals surface area contributed by atoms with Crippen molar-refractivity contribution < 1.29 is 4.74 Å². The maximum Gasteiger partial charge on any atom is 0.190 e. The maximum absolute atomic E-state index is 5.78. The third-order valence-electron chi connectivity index (χ3n) is 2.50. The molecule has 0 radical (unpaired) electrons. The highest BCUT2D eigenvalue weighted by Gasteiger charge is 2.16. The molecule has 2 N–H and O–H groups in total. The Morgan fingerprint density at radius 1 is 1.64 bits per heavy atom. The Morgan fingerprint density at radius 3 is 3.00 bits per heavy atom. The minimum atomic E-state index is 0.611. The van der Waals surface area contributed by atoms with Crippen LogP contribution in [0.15, 0.2) is 4.99 Å². The molecule has 1 rings (SSSR count). The van der Waals surface area contributed by atoms with Crippen LogP contribution < -0.4 is 5.73 Å². The van der Waals surface area contributed by atoms with E-state index in [1.165, 1.54) is 12.8 Å². The standard InChI is InChI=1S/C10H21N3O/c1-3-12-10(11)13(2)7-9-5-4-6-14-8-9/h9H,3-8H2,1-2H3,(H2,11,12). The molecule has 1 aliphatic rings. The van der Waals surface area contributed by atoms with Crippen molar-refractivity contribution in [2.24, 2.45) is 16.6 Å². The van der Waals surface area contributed by atoms with E-state index >= 15 is 0 Å². The number of aliphatic imine (C=N–C) groups is 1. The van der Waals surface area contributed by atoms with Crippen LogP contribution in [0, 0.1) is 5.92 Å². The van der Waals surface area contributed by atoms with Crippen LogP contribution in [0.1, 0.15) is 19.8 Å². The number of ether oxygens (including phenoxy) is 1. The van der Waals surface area contributed by atoms with E-state index in [9.17, 15) is 0 Å². The van der Waals surface area contributed by atoms with Gasteiger partial charge in [-0.15, -0.1) is 0 Å². The van der Waals surface area contributed by atoms with Crippen LogP contribution in [0.2, 0.25) is 0 Å². The lowest BCUT2D eigenvalue weighted by atomic mass is 10.0. The smallest absolute Gasteiger partial charge is 0.190 e. The highest BCUT2D eigenvalue weighted by atomic mass is 16.5. The van der Waals surface area contributed by atoms with Gasteiger partial charge in [-0.05, 0) is 25.7 Å². The summed E-state index contributed by atoms with van der Waals surface area (Å²) >= 11 is 0. The number of guanidine groups is 1. The van der Waals surface area contributed by atoms with Gasteiger partial charge in [0.15, 0.2) is 5.96 Å². The first-order valence-electron chi connectivity index (χ1n) is 5.32. The largest absolute Gasteiger partial charge is 0.381 e. The Hall–Kier alpha value is -0.770. The molecular formula is C10H21N3O. The summed E-state index contributed by atoms with van der Waals surface area (Å²) in [5, 5.41) is 0. The van der Waals surface area contributed by atoms with Crippen molar-refractivity contribution in [3.8, 4) is 0 Å². The van der Waals surface area contributed by atoms with Gasteiger partial charge >= 0.3 is 0 Å². The quantitative estimate of drug-likeness (QED) is 0.537. The highest BCUT2D eigenvalue weighted by molar-refractivity contribution is 5.77. The minimum Gasteiger partial charge on any atom is -0.381 e. The Balaban J connectivity index is 2.31. The molecule has 4 nitrogen and oxygen atoms in total. The lowest BCUT2D eigenvalue weighted by molar-refractivity contribution is 0.0484. The van der Waals surface area contributed by atoms with E-state index in [-0.39, 0.29) is 0 Å². The van der Waals surface area contributed by atoms with Crippen molar-refractivity contribution in [2.45, 2.75) is 19.8 Å². The molecule has 82 valence electrons. The summed E-state index contributed by atoms with van der Waals surface area (Å²) in [5.74, 6) is 1.25. The number of hydrogen-bond acceptors (Lipinski definition) is 2. The zero-order chi connectivity index (χ0) is 10.4. The summed E-state index contributed by atoms with van der Waals surface area (Å²) in [4.78, 5) is 6.19. The van der Waals surface area contributed by atoms with Crippen LogP contribution >= 0.6 is 0 Å². The van der Waals surface area contributed by atoms with E-state index < -0.39 is 0 Å². The van der Waals surface area contributed by atoms with Crippen molar-refractivity contribution >= 4 is 5.96 Å². The maximum atomic E-state index is 5.78. The monoisotopic (exact) mass is 199 g/mol. The van der Waals surface area contributed by atoms with Crippen molar-refractivity contribution in [1.29, 1.82) is 0 Å². The predicted octanol–water partition coefficient (Wildman–Crippen LogP) is 0.679. The molecule has 0 aliphatic carbocycles. The molecule has 1 heterocycles. The first-order valence-corrected chi connectivity index (χ1v) is 5.32. The van der Waals surface area contributed by atoms with E-state index in [4.69, 9.17) is 10.5 Å². The van der Waals surface area contributed by atoms with Gasteiger partial charge in [0, 0.05) is 26.7 Å². The van der Waals surface area contributed by atoms with Crippen LogP contribution in [0.4, 0.5) is 0 Å². The van der Waals surface area contributed by atoms with E-state index in [1.807, 2.05) is 18.9 Å². The van der Waals surface area contributed by atoms with Gasteiger partial charge in [-0.25, -0.2) is 0 Å². The van der Waals surface area contributed by atoms with E-state index in [0.717, 1.165) is 26.3 Å². The summed E-state index contributed by atoms with van der Waals surface area (Å²) in [5.41, 5.74) is 5.78. The molecule has 1 atom stereocenters. The van der Waals surface area contributed by atoms with Gasteiger partial charge in [0.2, 0.25) is 0 Å². The third-order valence-corrected chi connectivity index (χ3v) is 2.50. The molecule has 0 aromatic carbocycles. The fourth-order valence-corrected chi connectivity index (χ4v) is 1.71. The first kappa shape index (κ1) is 11.3. The van der Waals surface area contributed by atoms with Gasteiger partial charge in [-0.2, -0.15) is 0 Å². The molecule has 1 fully saturated rings. The molecule has 0 amide bonds. The third kappa shape index (κ3) is 3.54. The van der Waals surface area contributed by atoms with Crippen LogP contribution in [0.25, 0.3) is 0 Å². The second kappa shape index (κ2) is 5.86. The number of nitrogens with zero attached hydrogens (tertiary/aromatic N) is 2. The lowest BCUT2D eigenvalue weighted by Gasteiger charge is -2.27. The zero-order valence-corrected chi connectivity index (χ0v) is 9.20. The normalized spacial score (nSPS) is 23.6. The van der Waals surface area contributed by atoms with Crippen LogP contribution in [0.5, 0.6) is 0 Å². The van der Waals surface area contributed by atoms with Gasteiger partial charge in [0.1, 0.15) is 0 Å². The second-order valence-corrected chi connectivity index (χ2v) is 3.80. The van der Waals surface area contributed by atoms with Gasteiger partial charge in [-0.3, -0.25) is 4.99 Å². The molecular weight excluding hydrogens is 178 g/mol. The van der Waals surface area contributed by atoms with E-state index in [1.54, 1.807) is 0 Å². The summed E-state index contributed by atoms with van der Waals surface area (Å²) in [6, 6.07) is 0. The van der Waals surface area contributed by atoms with Crippen LogP contribution in [0.3, 0.4) is 0 Å². The zero-order valence-electron chi connectivity index (χ0n) is 9.20. The molecule has 4 heteroatoms. The van der Waals surface area contributed by atoms with E-state index in [0.29, 0.717) is 11.9 Å². The molecule has 0 bridgehead atoms. The summed E-state index contributed by atoms with van der Waals surface area (Å²) in [6.45, 7) is 5.47. The summed E-state index contributed by atoms with van der Waals surface area (Å²) in [6.07, 6.45) is 2.41. The van der Waals surface area contributed by atoms with Crippen molar-refractivity contribution in [2.75, 3.05) is 33.4 Å². The number of hydrogen-bond donors (Lipinski definition) is 1. The molecule has 0 saturated carbocycles.